The summed E-state index contributed by atoms with van der Waals surface area (Å²) in [6.45, 7) is 6.83. The zero-order valence-electron chi connectivity index (χ0n) is 49.3. The SMILES string of the molecule is C=C1/C=C\C=C/CC(CCc2cccc(-c3ccc(C(Cc4ccc(-c5cccc(C6CCc7ccccc7-c7ccccc7C6)c5)cc4)C(C)c4ccc(-c5cccc(-n6c7ccccc7c7ccccc76)c5)cc4)cc3)c2)Cc2ccccc21. The van der Waals surface area contributed by atoms with Gasteiger partial charge in [-0.05, 0) is 199 Å². The smallest absolute Gasteiger partial charge is 0.0541 e. The van der Waals surface area contributed by atoms with Crippen molar-refractivity contribution in [1.82, 2.24) is 4.57 Å². The number of rotatable bonds is 13. The highest BCUT2D eigenvalue weighted by Gasteiger charge is 2.24. The molecule has 2 aliphatic carbocycles. The van der Waals surface area contributed by atoms with Crippen LogP contribution in [-0.2, 0) is 32.1 Å². The second-order valence-corrected chi connectivity index (χ2v) is 24.4. The molecule has 2 aliphatic rings. The highest BCUT2D eigenvalue weighted by molar-refractivity contribution is 6.09. The fraction of sp³-hybridized carbons (Fsp3) is 0.153. The molecule has 0 amide bonds. The van der Waals surface area contributed by atoms with Crippen LogP contribution in [0.4, 0.5) is 0 Å². The molecule has 86 heavy (non-hydrogen) atoms. The molecule has 4 atom stereocenters. The highest BCUT2D eigenvalue weighted by atomic mass is 15.0. The van der Waals surface area contributed by atoms with Crippen molar-refractivity contribution < 1.29 is 0 Å². The fourth-order valence-corrected chi connectivity index (χ4v) is 14.3. The van der Waals surface area contributed by atoms with E-state index in [1.807, 2.05) is 0 Å². The first-order valence-electron chi connectivity index (χ1n) is 31.3. The molecular formula is C85H73N. The minimum atomic E-state index is 0.241. The number of hydrogen-bond donors (Lipinski definition) is 0. The van der Waals surface area contributed by atoms with Gasteiger partial charge >= 0.3 is 0 Å². The summed E-state index contributed by atoms with van der Waals surface area (Å²) in [4.78, 5) is 0. The van der Waals surface area contributed by atoms with Gasteiger partial charge < -0.3 is 4.57 Å². The van der Waals surface area contributed by atoms with Crippen LogP contribution in [0.3, 0.4) is 0 Å². The van der Waals surface area contributed by atoms with Crippen molar-refractivity contribution in [3.05, 3.63) is 348 Å². The number of para-hydroxylation sites is 2. The number of aryl methyl sites for hydroxylation is 2. The molecule has 12 aromatic rings. The first-order valence-corrected chi connectivity index (χ1v) is 31.3. The Bertz CT molecular complexity index is 4400. The molecule has 418 valence electrons. The first-order chi connectivity index (χ1) is 42.4. The molecule has 4 unspecified atom stereocenters. The molecule has 0 spiro atoms. The topological polar surface area (TPSA) is 4.93 Å². The molecule has 0 aliphatic heterocycles. The van der Waals surface area contributed by atoms with Crippen LogP contribution < -0.4 is 0 Å². The van der Waals surface area contributed by atoms with Gasteiger partial charge in [-0.3, -0.25) is 0 Å². The lowest BCUT2D eigenvalue weighted by molar-refractivity contribution is 0.489. The van der Waals surface area contributed by atoms with E-state index in [0.717, 1.165) is 56.9 Å². The molecule has 0 saturated heterocycles. The van der Waals surface area contributed by atoms with Crippen LogP contribution in [-0.4, -0.2) is 4.57 Å². The van der Waals surface area contributed by atoms with Crippen LogP contribution in [0, 0.1) is 5.92 Å². The minimum absolute atomic E-state index is 0.241. The van der Waals surface area contributed by atoms with Crippen molar-refractivity contribution in [1.29, 1.82) is 0 Å². The highest BCUT2D eigenvalue weighted by Crippen LogP contribution is 2.41. The van der Waals surface area contributed by atoms with Gasteiger partial charge in [0.05, 0.1) is 11.0 Å². The summed E-state index contributed by atoms with van der Waals surface area (Å²) in [6, 6.07) is 101. The lowest BCUT2D eigenvalue weighted by Gasteiger charge is -2.26. The summed E-state index contributed by atoms with van der Waals surface area (Å²) in [6.07, 6.45) is 17.3. The molecule has 14 rings (SSSR count). The van der Waals surface area contributed by atoms with Crippen molar-refractivity contribution in [2.45, 2.75) is 76.0 Å². The van der Waals surface area contributed by atoms with Gasteiger partial charge in [0.15, 0.2) is 0 Å². The maximum absolute atomic E-state index is 4.39. The number of nitrogens with zero attached hydrogens (tertiary/aromatic N) is 1. The second-order valence-electron chi connectivity index (χ2n) is 24.4. The van der Waals surface area contributed by atoms with E-state index >= 15 is 0 Å². The van der Waals surface area contributed by atoms with Gasteiger partial charge in [-0.15, -0.1) is 0 Å². The van der Waals surface area contributed by atoms with Crippen LogP contribution in [0.15, 0.2) is 298 Å². The Balaban J connectivity index is 0.732. The third kappa shape index (κ3) is 11.4. The quantitative estimate of drug-likeness (QED) is 0.108. The van der Waals surface area contributed by atoms with Gasteiger partial charge in [0.25, 0.3) is 0 Å². The van der Waals surface area contributed by atoms with Crippen LogP contribution in [0.5, 0.6) is 0 Å². The van der Waals surface area contributed by atoms with Crippen molar-refractivity contribution in [2.75, 3.05) is 0 Å². The molecular weight excluding hydrogens is 1030 g/mol. The van der Waals surface area contributed by atoms with Gasteiger partial charge in [0.1, 0.15) is 0 Å². The predicted octanol–water partition coefficient (Wildman–Crippen LogP) is 22.2. The first kappa shape index (κ1) is 54.4. The average Bonchev–Trinajstić information content (AvgIpc) is 1.97. The average molecular weight is 1110 g/mol. The van der Waals surface area contributed by atoms with Crippen LogP contribution in [0.25, 0.3) is 77.6 Å². The lowest BCUT2D eigenvalue weighted by atomic mass is 9.78. The molecule has 0 bridgehead atoms. The van der Waals surface area contributed by atoms with Gasteiger partial charge in [0.2, 0.25) is 0 Å². The van der Waals surface area contributed by atoms with E-state index in [1.54, 1.807) is 0 Å². The summed E-state index contributed by atoms with van der Waals surface area (Å²) < 4.78 is 2.41. The number of aromatic nitrogens is 1. The summed E-state index contributed by atoms with van der Waals surface area (Å²) in [5.41, 5.74) is 27.4. The van der Waals surface area contributed by atoms with Gasteiger partial charge in [-0.25, -0.2) is 0 Å². The van der Waals surface area contributed by atoms with Crippen molar-refractivity contribution in [3.8, 4) is 50.2 Å². The fourth-order valence-electron chi connectivity index (χ4n) is 14.3. The van der Waals surface area contributed by atoms with E-state index in [9.17, 15) is 0 Å². The van der Waals surface area contributed by atoms with E-state index in [1.165, 1.54) is 122 Å². The molecule has 1 heteroatoms. The normalized spacial score (nSPS) is 16.5. The summed E-state index contributed by atoms with van der Waals surface area (Å²) in [7, 11) is 0. The molecule has 0 saturated carbocycles. The second kappa shape index (κ2) is 24.6. The number of fused-ring (bicyclic) bond motifs is 7. The Labute approximate surface area is 509 Å². The Kier molecular flexibility index (Phi) is 15.5. The standard InChI is InChI=1S/C85H73N/c1-59-19-4-3-5-20-61(54-75-23-7-9-30-78(59)75)37-38-62-21-16-25-70(53-62)66-47-49-69(50-48-66)83(60(2)64-43-45-67(46-44-64)73-28-18-29-77(58-73)86-84-35-14-12-33-81(84)82-34-13-15-36-85(82)86)55-63-39-41-65(42-40-63)71-26-17-27-72(56-71)74-52-51-68-22-6-10-31-79(68)80-32-11-8-24-76(80)57-74/h3-19,21-36,39-50,53,56,58,60-61,74,83H,1,20,37-38,51-52,54-55,57H2,2H3/b5-3-,19-4-. The Morgan fingerprint density at radius 3 is 1.72 bits per heavy atom. The van der Waals surface area contributed by atoms with Crippen LogP contribution in [0.1, 0.15) is 94.0 Å². The molecule has 11 aromatic carbocycles. The lowest BCUT2D eigenvalue weighted by Crippen LogP contribution is -2.12. The summed E-state index contributed by atoms with van der Waals surface area (Å²) in [5, 5.41) is 2.55. The van der Waals surface area contributed by atoms with E-state index in [4.69, 9.17) is 0 Å². The largest absolute Gasteiger partial charge is 0.309 e. The number of benzene rings is 11. The van der Waals surface area contributed by atoms with E-state index in [2.05, 4.69) is 309 Å². The van der Waals surface area contributed by atoms with Gasteiger partial charge in [-0.1, -0.05) is 280 Å². The molecule has 0 fully saturated rings. The summed E-state index contributed by atoms with van der Waals surface area (Å²) in [5.74, 6) is 1.48. The third-order valence-corrected chi connectivity index (χ3v) is 19.0. The Morgan fingerprint density at radius 1 is 0.453 bits per heavy atom. The molecule has 1 nitrogen and oxygen atoms in total. The van der Waals surface area contributed by atoms with Gasteiger partial charge in [0, 0.05) is 16.5 Å². The maximum atomic E-state index is 4.39. The van der Waals surface area contributed by atoms with Crippen molar-refractivity contribution in [3.63, 3.8) is 0 Å². The zero-order chi connectivity index (χ0) is 57.8. The van der Waals surface area contributed by atoms with Crippen LogP contribution in [0.2, 0.25) is 0 Å². The number of hydrogen-bond acceptors (Lipinski definition) is 0. The third-order valence-electron chi connectivity index (χ3n) is 19.0. The molecule has 0 radical (unpaired) electrons. The maximum Gasteiger partial charge on any atom is 0.0541 e. The Morgan fingerprint density at radius 2 is 1.01 bits per heavy atom. The Hall–Kier alpha value is -9.56. The molecule has 1 heterocycles. The van der Waals surface area contributed by atoms with E-state index < -0.39 is 0 Å². The van der Waals surface area contributed by atoms with E-state index in [0.29, 0.717) is 11.8 Å². The number of allylic oxidation sites excluding steroid dienone is 5. The minimum Gasteiger partial charge on any atom is -0.309 e. The van der Waals surface area contributed by atoms with Crippen molar-refractivity contribution >= 4 is 27.4 Å². The monoisotopic (exact) mass is 1110 g/mol. The van der Waals surface area contributed by atoms with Crippen molar-refractivity contribution in [2.24, 2.45) is 5.92 Å². The summed E-state index contributed by atoms with van der Waals surface area (Å²) >= 11 is 0. The zero-order valence-corrected chi connectivity index (χ0v) is 49.3. The molecule has 1 aromatic heterocycles. The van der Waals surface area contributed by atoms with Gasteiger partial charge in [-0.2, -0.15) is 0 Å². The van der Waals surface area contributed by atoms with Crippen LogP contribution >= 0.6 is 0 Å². The molecule has 0 N–H and O–H groups in total. The predicted molar refractivity (Wildman–Crippen MR) is 365 cm³/mol. The van der Waals surface area contributed by atoms with E-state index in [-0.39, 0.29) is 11.8 Å².